The second-order valence-corrected chi connectivity index (χ2v) is 7.71. The highest BCUT2D eigenvalue weighted by atomic mass is 16.6. The maximum Gasteiger partial charge on any atom is 0.153 e. The van der Waals surface area contributed by atoms with Crippen LogP contribution in [0.5, 0.6) is 0 Å². The van der Waals surface area contributed by atoms with Gasteiger partial charge in [0.25, 0.3) is 0 Å². The maximum atomic E-state index is 10.8. The van der Waals surface area contributed by atoms with E-state index < -0.39 is 12.2 Å². The lowest BCUT2D eigenvalue weighted by molar-refractivity contribution is -0.0929. The first-order chi connectivity index (χ1) is 15.3. The molecule has 1 fully saturated rings. The van der Waals surface area contributed by atoms with Crippen molar-refractivity contribution >= 4 is 6.08 Å². The van der Waals surface area contributed by atoms with E-state index in [1.165, 1.54) is 0 Å². The van der Waals surface area contributed by atoms with Crippen LogP contribution < -0.4 is 0 Å². The Labute approximate surface area is 183 Å². The summed E-state index contributed by atoms with van der Waals surface area (Å²) in [5.41, 5.74) is 3.23. The molecule has 4 heteroatoms. The van der Waals surface area contributed by atoms with E-state index in [9.17, 15) is 5.11 Å². The van der Waals surface area contributed by atoms with Crippen molar-refractivity contribution in [2.24, 2.45) is 0 Å². The van der Waals surface area contributed by atoms with Crippen molar-refractivity contribution in [1.82, 2.24) is 0 Å². The number of aliphatic hydroxyl groups excluding tert-OH is 1. The smallest absolute Gasteiger partial charge is 0.153 e. The van der Waals surface area contributed by atoms with E-state index in [1.54, 1.807) is 0 Å². The molecule has 4 rings (SSSR count). The summed E-state index contributed by atoms with van der Waals surface area (Å²) in [6.45, 7) is 1.11. The van der Waals surface area contributed by atoms with Crippen molar-refractivity contribution in [2.75, 3.05) is 6.61 Å². The SMILES string of the molecule is O[C@H](COCc1ccccc1)[C@@H]1O/C(=C\c2ccccc2)C[C@H]1OCc1ccccc1. The second-order valence-electron chi connectivity index (χ2n) is 7.71. The lowest BCUT2D eigenvalue weighted by Crippen LogP contribution is -2.38. The third kappa shape index (κ3) is 6.28. The van der Waals surface area contributed by atoms with Gasteiger partial charge in [0.1, 0.15) is 12.2 Å². The Kier molecular flexibility index (Phi) is 7.51. The zero-order chi connectivity index (χ0) is 21.3. The van der Waals surface area contributed by atoms with Gasteiger partial charge in [-0.3, -0.25) is 0 Å². The molecule has 1 heterocycles. The molecule has 4 nitrogen and oxygen atoms in total. The zero-order valence-corrected chi connectivity index (χ0v) is 17.5. The molecule has 0 amide bonds. The fourth-order valence-electron chi connectivity index (χ4n) is 3.67. The monoisotopic (exact) mass is 416 g/mol. The van der Waals surface area contributed by atoms with Crippen molar-refractivity contribution in [2.45, 2.75) is 37.9 Å². The molecule has 160 valence electrons. The van der Waals surface area contributed by atoms with E-state index in [2.05, 4.69) is 0 Å². The topological polar surface area (TPSA) is 47.9 Å². The van der Waals surface area contributed by atoms with E-state index in [-0.39, 0.29) is 12.7 Å². The Morgan fingerprint density at radius 1 is 0.839 bits per heavy atom. The van der Waals surface area contributed by atoms with Crippen molar-refractivity contribution < 1.29 is 19.3 Å². The number of hydrogen-bond donors (Lipinski definition) is 1. The Hall–Kier alpha value is -2.92. The number of rotatable bonds is 9. The van der Waals surface area contributed by atoms with Gasteiger partial charge in [0.15, 0.2) is 6.10 Å². The molecule has 0 aliphatic carbocycles. The van der Waals surface area contributed by atoms with Crippen molar-refractivity contribution in [3.8, 4) is 0 Å². The minimum atomic E-state index is -0.786. The highest BCUT2D eigenvalue weighted by molar-refractivity contribution is 5.51. The first kappa shape index (κ1) is 21.3. The Bertz CT molecular complexity index is 941. The summed E-state index contributed by atoms with van der Waals surface area (Å²) < 4.78 is 18.1. The van der Waals surface area contributed by atoms with Gasteiger partial charge in [-0.05, 0) is 22.8 Å². The average Bonchev–Trinajstić information content (AvgIpc) is 3.22. The van der Waals surface area contributed by atoms with Gasteiger partial charge in [-0.25, -0.2) is 0 Å². The Morgan fingerprint density at radius 2 is 1.42 bits per heavy atom. The summed E-state index contributed by atoms with van der Waals surface area (Å²) in [5, 5.41) is 10.8. The largest absolute Gasteiger partial charge is 0.489 e. The third-order valence-corrected chi connectivity index (χ3v) is 5.27. The fraction of sp³-hybridized carbons (Fsp3) is 0.259. The van der Waals surface area contributed by atoms with Crippen LogP contribution in [0.2, 0.25) is 0 Å². The quantitative estimate of drug-likeness (QED) is 0.534. The van der Waals surface area contributed by atoms with Crippen LogP contribution in [-0.4, -0.2) is 30.0 Å². The molecule has 0 aromatic heterocycles. The van der Waals surface area contributed by atoms with Gasteiger partial charge in [-0.2, -0.15) is 0 Å². The number of hydrogen-bond acceptors (Lipinski definition) is 4. The van der Waals surface area contributed by atoms with E-state index in [1.807, 2.05) is 97.1 Å². The van der Waals surface area contributed by atoms with E-state index in [0.29, 0.717) is 19.6 Å². The van der Waals surface area contributed by atoms with Gasteiger partial charge in [0.05, 0.1) is 25.6 Å². The molecule has 3 atom stereocenters. The van der Waals surface area contributed by atoms with Crippen molar-refractivity contribution in [3.05, 3.63) is 113 Å². The summed E-state index contributed by atoms with van der Waals surface area (Å²) in [6, 6.07) is 30.0. The minimum absolute atomic E-state index is 0.184. The van der Waals surface area contributed by atoms with E-state index >= 15 is 0 Å². The normalized spacial score (nSPS) is 20.5. The van der Waals surface area contributed by atoms with Crippen molar-refractivity contribution in [1.29, 1.82) is 0 Å². The molecule has 0 spiro atoms. The number of aliphatic hydroxyl groups is 1. The molecule has 1 saturated heterocycles. The Morgan fingerprint density at radius 3 is 2.06 bits per heavy atom. The van der Waals surface area contributed by atoms with Gasteiger partial charge in [0, 0.05) is 6.42 Å². The second kappa shape index (κ2) is 10.9. The minimum Gasteiger partial charge on any atom is -0.489 e. The highest BCUT2D eigenvalue weighted by Crippen LogP contribution is 2.31. The molecule has 0 radical (unpaired) electrons. The van der Waals surface area contributed by atoms with Crippen LogP contribution in [-0.2, 0) is 27.4 Å². The van der Waals surface area contributed by atoms with Crippen LogP contribution in [0.25, 0.3) is 6.08 Å². The van der Waals surface area contributed by atoms with Gasteiger partial charge in [-0.1, -0.05) is 91.0 Å². The fourth-order valence-corrected chi connectivity index (χ4v) is 3.67. The molecule has 1 aliphatic heterocycles. The number of ether oxygens (including phenoxy) is 3. The predicted molar refractivity (Wildman–Crippen MR) is 121 cm³/mol. The first-order valence-corrected chi connectivity index (χ1v) is 10.7. The standard InChI is InChI=1S/C27H28O4/c28-25(20-29-18-22-12-6-2-7-13-22)27-26(30-19-23-14-8-3-9-15-23)17-24(31-27)16-21-10-4-1-5-11-21/h1-16,25-28H,17-20H2/b24-16-/t25-,26-,27+/m1/s1. The maximum absolute atomic E-state index is 10.8. The molecule has 0 bridgehead atoms. The van der Waals surface area contributed by atoms with Crippen LogP contribution in [0.15, 0.2) is 96.8 Å². The van der Waals surface area contributed by atoms with Crippen LogP contribution in [0, 0.1) is 0 Å². The summed E-state index contributed by atoms with van der Waals surface area (Å²) in [6.07, 6.45) is 1.12. The van der Waals surface area contributed by atoms with Crippen molar-refractivity contribution in [3.63, 3.8) is 0 Å². The molecule has 1 N–H and O–H groups in total. The molecule has 1 aliphatic rings. The molecule has 0 saturated carbocycles. The van der Waals surface area contributed by atoms with E-state index in [4.69, 9.17) is 14.2 Å². The van der Waals surface area contributed by atoms with Gasteiger partial charge in [0.2, 0.25) is 0 Å². The van der Waals surface area contributed by atoms with Gasteiger partial charge in [-0.15, -0.1) is 0 Å². The van der Waals surface area contributed by atoms with Crippen LogP contribution in [0.3, 0.4) is 0 Å². The summed E-state index contributed by atoms with van der Waals surface area (Å²) in [7, 11) is 0. The lowest BCUT2D eigenvalue weighted by atomic mass is 10.1. The van der Waals surface area contributed by atoms with Crippen LogP contribution in [0.1, 0.15) is 23.1 Å². The third-order valence-electron chi connectivity index (χ3n) is 5.27. The van der Waals surface area contributed by atoms with Crippen LogP contribution in [0.4, 0.5) is 0 Å². The van der Waals surface area contributed by atoms with Gasteiger partial charge < -0.3 is 19.3 Å². The summed E-state index contributed by atoms with van der Waals surface area (Å²) in [5.74, 6) is 0.816. The van der Waals surface area contributed by atoms with Gasteiger partial charge >= 0.3 is 0 Å². The Balaban J connectivity index is 1.40. The summed E-state index contributed by atoms with van der Waals surface area (Å²) in [4.78, 5) is 0. The molecular weight excluding hydrogens is 388 g/mol. The molecule has 0 unspecified atom stereocenters. The molecular formula is C27H28O4. The molecule has 31 heavy (non-hydrogen) atoms. The molecule has 3 aromatic carbocycles. The predicted octanol–water partition coefficient (Wildman–Crippen LogP) is 4.98. The zero-order valence-electron chi connectivity index (χ0n) is 17.5. The van der Waals surface area contributed by atoms with E-state index in [0.717, 1.165) is 22.4 Å². The lowest BCUT2D eigenvalue weighted by Gasteiger charge is -2.23. The highest BCUT2D eigenvalue weighted by Gasteiger charge is 2.38. The van der Waals surface area contributed by atoms with Crippen LogP contribution >= 0.6 is 0 Å². The average molecular weight is 417 g/mol. The molecule has 3 aromatic rings. The summed E-state index contributed by atoms with van der Waals surface area (Å²) >= 11 is 0. The first-order valence-electron chi connectivity index (χ1n) is 10.7. The number of benzene rings is 3.